The zero-order valence-corrected chi connectivity index (χ0v) is 20.0. The molecular formula is C23H23N9OS. The number of aryl methyl sites for hydroxylation is 2. The van der Waals surface area contributed by atoms with Gasteiger partial charge in [0.25, 0.3) is 0 Å². The second kappa shape index (κ2) is 8.94. The largest absolute Gasteiger partial charge is 0.491 e. The summed E-state index contributed by atoms with van der Waals surface area (Å²) in [5.74, 6) is 2.14. The molecule has 0 unspecified atom stereocenters. The predicted molar refractivity (Wildman–Crippen MR) is 133 cm³/mol. The summed E-state index contributed by atoms with van der Waals surface area (Å²) in [7, 11) is 5.38. The van der Waals surface area contributed by atoms with Gasteiger partial charge in [0.2, 0.25) is 5.95 Å². The minimum Gasteiger partial charge on any atom is -0.491 e. The van der Waals surface area contributed by atoms with Crippen LogP contribution in [0.5, 0.6) is 5.75 Å². The van der Waals surface area contributed by atoms with E-state index in [1.807, 2.05) is 67.8 Å². The number of nitrogens with one attached hydrogen (secondary N) is 2. The van der Waals surface area contributed by atoms with Crippen LogP contribution in [0.3, 0.4) is 0 Å². The van der Waals surface area contributed by atoms with Gasteiger partial charge in [-0.1, -0.05) is 0 Å². The maximum Gasteiger partial charge on any atom is 0.232 e. The Morgan fingerprint density at radius 3 is 2.59 bits per heavy atom. The molecular weight excluding hydrogens is 450 g/mol. The lowest BCUT2D eigenvalue weighted by Crippen LogP contribution is -2.15. The highest BCUT2D eigenvalue weighted by Gasteiger charge is 2.21. The van der Waals surface area contributed by atoms with Crippen LogP contribution in [0.2, 0.25) is 0 Å². The first-order valence-electron chi connectivity index (χ1n) is 10.5. The average Bonchev–Trinajstić information content (AvgIpc) is 3.61. The molecule has 0 bridgehead atoms. The number of aromatic nitrogens is 7. The van der Waals surface area contributed by atoms with Gasteiger partial charge in [-0.15, -0.1) is 11.3 Å². The van der Waals surface area contributed by atoms with Crippen LogP contribution >= 0.6 is 11.3 Å². The third-order valence-corrected chi connectivity index (χ3v) is 6.04. The van der Waals surface area contributed by atoms with Crippen LogP contribution in [-0.4, -0.2) is 49.1 Å². The quantitative estimate of drug-likeness (QED) is 0.354. The second-order valence-corrected chi connectivity index (χ2v) is 8.56. The second-order valence-electron chi connectivity index (χ2n) is 7.66. The van der Waals surface area contributed by atoms with Gasteiger partial charge in [-0.05, 0) is 31.2 Å². The first-order valence-corrected chi connectivity index (χ1v) is 11.4. The molecule has 0 spiro atoms. The standard InChI is InChI=1S/C23H23N9OS/c1-14-11-18(30-29-14)26-21-20(33-4)19(16-12-25-31(2)13-16)27-23(28-21)32(3)17-7-5-15(6-8-17)22-24-9-10-34-22/h5-13H,1-4H3,(H2,26,27,28,29,30). The Morgan fingerprint density at radius 2 is 1.97 bits per heavy atom. The molecule has 0 fully saturated rings. The van der Waals surface area contributed by atoms with Crippen LogP contribution in [0, 0.1) is 6.92 Å². The van der Waals surface area contributed by atoms with Crippen molar-refractivity contribution in [2.24, 2.45) is 7.05 Å². The molecule has 0 atom stereocenters. The van der Waals surface area contributed by atoms with Gasteiger partial charge in [-0.2, -0.15) is 15.2 Å². The van der Waals surface area contributed by atoms with E-state index in [4.69, 9.17) is 14.7 Å². The number of ether oxygens (including phenoxy) is 1. The summed E-state index contributed by atoms with van der Waals surface area (Å²) < 4.78 is 7.45. The summed E-state index contributed by atoms with van der Waals surface area (Å²) in [5, 5.41) is 17.7. The number of benzene rings is 1. The molecule has 0 saturated heterocycles. The van der Waals surface area contributed by atoms with Crippen molar-refractivity contribution < 1.29 is 4.74 Å². The average molecular weight is 474 g/mol. The minimum atomic E-state index is 0.497. The number of anilines is 4. The molecule has 4 heterocycles. The monoisotopic (exact) mass is 473 g/mol. The number of H-pyrrole nitrogens is 1. The Hall–Kier alpha value is -4.25. The number of aromatic amines is 1. The van der Waals surface area contributed by atoms with E-state index in [9.17, 15) is 0 Å². The summed E-state index contributed by atoms with van der Waals surface area (Å²) in [4.78, 5) is 15.9. The maximum absolute atomic E-state index is 5.73. The van der Waals surface area contributed by atoms with Crippen molar-refractivity contribution in [2.75, 3.05) is 24.4 Å². The zero-order valence-electron chi connectivity index (χ0n) is 19.1. The fourth-order valence-corrected chi connectivity index (χ4v) is 4.16. The molecule has 0 saturated carbocycles. The molecule has 0 amide bonds. The lowest BCUT2D eigenvalue weighted by molar-refractivity contribution is 0.415. The van der Waals surface area contributed by atoms with Crippen LogP contribution in [0.25, 0.3) is 21.8 Å². The molecule has 1 aromatic carbocycles. The van der Waals surface area contributed by atoms with Gasteiger partial charge in [0.15, 0.2) is 17.4 Å². The molecule has 11 heteroatoms. The zero-order chi connectivity index (χ0) is 23.7. The summed E-state index contributed by atoms with van der Waals surface area (Å²) in [6.45, 7) is 1.94. The Labute approximate surface area is 200 Å². The Morgan fingerprint density at radius 1 is 1.15 bits per heavy atom. The number of thiazole rings is 1. The van der Waals surface area contributed by atoms with Crippen LogP contribution in [0.4, 0.5) is 23.3 Å². The number of methoxy groups -OCH3 is 1. The first kappa shape index (κ1) is 21.6. The molecule has 5 rings (SSSR count). The van der Waals surface area contributed by atoms with Gasteiger partial charge in [-0.3, -0.25) is 9.78 Å². The molecule has 0 radical (unpaired) electrons. The predicted octanol–water partition coefficient (Wildman–Crippen LogP) is 4.55. The summed E-state index contributed by atoms with van der Waals surface area (Å²) in [5.41, 5.74) is 4.37. The van der Waals surface area contributed by atoms with Crippen molar-refractivity contribution in [3.8, 4) is 27.6 Å². The van der Waals surface area contributed by atoms with Crippen molar-refractivity contribution in [1.29, 1.82) is 0 Å². The van der Waals surface area contributed by atoms with E-state index in [1.165, 1.54) is 0 Å². The number of hydrogen-bond acceptors (Lipinski definition) is 9. The lowest BCUT2D eigenvalue weighted by Gasteiger charge is -2.21. The van der Waals surface area contributed by atoms with Gasteiger partial charge >= 0.3 is 0 Å². The Bertz CT molecular complexity index is 1410. The van der Waals surface area contributed by atoms with Gasteiger partial charge in [0.05, 0.1) is 13.3 Å². The molecule has 0 aliphatic carbocycles. The normalized spacial score (nSPS) is 10.9. The fraction of sp³-hybridized carbons (Fsp3) is 0.174. The number of hydrogen-bond donors (Lipinski definition) is 2. The highest BCUT2D eigenvalue weighted by Crippen LogP contribution is 2.37. The maximum atomic E-state index is 5.73. The first-order chi connectivity index (χ1) is 16.5. The molecule has 172 valence electrons. The highest BCUT2D eigenvalue weighted by atomic mass is 32.1. The van der Waals surface area contributed by atoms with E-state index in [0.29, 0.717) is 29.0 Å². The topological polar surface area (TPSA) is 110 Å². The van der Waals surface area contributed by atoms with Gasteiger partial charge in [0.1, 0.15) is 10.7 Å². The van der Waals surface area contributed by atoms with Crippen LogP contribution in [0.15, 0.2) is 54.3 Å². The van der Waals surface area contributed by atoms with Gasteiger partial charge < -0.3 is 15.0 Å². The number of nitrogens with zero attached hydrogens (tertiary/aromatic N) is 7. The molecule has 34 heavy (non-hydrogen) atoms. The summed E-state index contributed by atoms with van der Waals surface area (Å²) >= 11 is 1.61. The van der Waals surface area contributed by atoms with Crippen molar-refractivity contribution in [1.82, 2.24) is 34.9 Å². The highest BCUT2D eigenvalue weighted by molar-refractivity contribution is 7.13. The summed E-state index contributed by atoms with van der Waals surface area (Å²) in [6.07, 6.45) is 5.44. The minimum absolute atomic E-state index is 0.497. The lowest BCUT2D eigenvalue weighted by atomic mass is 10.2. The van der Waals surface area contributed by atoms with Crippen molar-refractivity contribution in [3.05, 3.63) is 60.0 Å². The molecule has 5 aromatic rings. The molecule has 10 nitrogen and oxygen atoms in total. The van der Waals surface area contributed by atoms with Crippen LogP contribution < -0.4 is 15.0 Å². The fourth-order valence-electron chi connectivity index (χ4n) is 3.52. The van der Waals surface area contributed by atoms with Gasteiger partial charge in [0, 0.05) is 60.4 Å². The van der Waals surface area contributed by atoms with E-state index < -0.39 is 0 Å². The van der Waals surface area contributed by atoms with E-state index in [0.717, 1.165) is 27.5 Å². The summed E-state index contributed by atoms with van der Waals surface area (Å²) in [6, 6.07) is 10.0. The third-order valence-electron chi connectivity index (χ3n) is 5.22. The van der Waals surface area contributed by atoms with Crippen molar-refractivity contribution >= 4 is 34.6 Å². The number of rotatable bonds is 7. The smallest absolute Gasteiger partial charge is 0.232 e. The van der Waals surface area contributed by atoms with Crippen LogP contribution in [-0.2, 0) is 7.05 Å². The third kappa shape index (κ3) is 4.20. The molecule has 0 aliphatic rings. The van der Waals surface area contributed by atoms with E-state index in [2.05, 4.69) is 25.6 Å². The van der Waals surface area contributed by atoms with E-state index in [1.54, 1.807) is 35.5 Å². The van der Waals surface area contributed by atoms with E-state index >= 15 is 0 Å². The molecule has 2 N–H and O–H groups in total. The SMILES string of the molecule is COc1c(Nc2cc(C)[nH]n2)nc(N(C)c2ccc(-c3nccs3)cc2)nc1-c1cnn(C)c1. The molecule has 0 aliphatic heterocycles. The Kier molecular flexibility index (Phi) is 5.68. The Balaban J connectivity index is 1.57. The van der Waals surface area contributed by atoms with E-state index in [-0.39, 0.29) is 0 Å². The van der Waals surface area contributed by atoms with Crippen molar-refractivity contribution in [2.45, 2.75) is 6.92 Å². The van der Waals surface area contributed by atoms with Crippen molar-refractivity contribution in [3.63, 3.8) is 0 Å². The van der Waals surface area contributed by atoms with Gasteiger partial charge in [-0.25, -0.2) is 9.97 Å². The molecule has 4 aromatic heterocycles. The van der Waals surface area contributed by atoms with Crippen LogP contribution in [0.1, 0.15) is 5.69 Å².